The minimum atomic E-state index is -4.42. The Labute approximate surface area is 83.1 Å². The lowest BCUT2D eigenvalue weighted by Crippen LogP contribution is -2.20. The predicted molar refractivity (Wildman–Crippen MR) is 43.2 cm³/mol. The maximum absolute atomic E-state index is 11.6. The van der Waals surface area contributed by atoms with Crippen LogP contribution in [0.3, 0.4) is 0 Å². The molecular weight excluding hydrogens is 213 g/mol. The maximum Gasteiger partial charge on any atom is 0.411 e. The number of hydrogen-bond donors (Lipinski definition) is 0. The Balaban J connectivity index is 2.38. The number of carbonyl (C=O) groups is 1. The number of nitrogens with zero attached hydrogens (tertiary/aromatic N) is 2. The predicted octanol–water partition coefficient (Wildman–Crippen LogP) is 1.24. The van der Waals surface area contributed by atoms with Crippen molar-refractivity contribution in [2.75, 3.05) is 13.2 Å². The van der Waals surface area contributed by atoms with Crippen molar-refractivity contribution < 1.29 is 22.7 Å². The first kappa shape index (κ1) is 11.6. The summed E-state index contributed by atoms with van der Waals surface area (Å²) in [5.74, 6) is -0.583. The molecule has 0 amide bonds. The van der Waals surface area contributed by atoms with Gasteiger partial charge in [0.2, 0.25) is 0 Å². The zero-order valence-electron chi connectivity index (χ0n) is 7.49. The van der Waals surface area contributed by atoms with Crippen LogP contribution in [-0.4, -0.2) is 35.1 Å². The van der Waals surface area contributed by atoms with Gasteiger partial charge in [0.15, 0.2) is 5.78 Å². The van der Waals surface area contributed by atoms with Crippen LogP contribution in [0, 0.1) is 0 Å². The van der Waals surface area contributed by atoms with Gasteiger partial charge in [0.05, 0.1) is 5.56 Å². The molecular formula is C8H7F3N2O2. The third kappa shape index (κ3) is 4.50. The standard InChI is InChI=1S/C8H7F3N2O2/c9-8(10,11)4-15-3-7(14)6-1-12-5-13-2-6/h1-2,5H,3-4H2. The molecule has 1 heterocycles. The van der Waals surface area contributed by atoms with Crippen LogP contribution in [0.25, 0.3) is 0 Å². The summed E-state index contributed by atoms with van der Waals surface area (Å²) in [6, 6.07) is 0. The SMILES string of the molecule is O=C(COCC(F)(F)F)c1cncnc1. The van der Waals surface area contributed by atoms with Crippen molar-refractivity contribution in [3.05, 3.63) is 24.3 Å². The number of Topliss-reactive ketones (excluding diaryl/α,β-unsaturated/α-hetero) is 1. The molecule has 0 atom stereocenters. The van der Waals surface area contributed by atoms with Crippen molar-refractivity contribution >= 4 is 5.78 Å². The zero-order valence-corrected chi connectivity index (χ0v) is 7.49. The molecule has 0 aliphatic heterocycles. The summed E-state index contributed by atoms with van der Waals surface area (Å²) >= 11 is 0. The molecule has 82 valence electrons. The molecule has 0 bridgehead atoms. The third-order valence-electron chi connectivity index (χ3n) is 1.38. The third-order valence-corrected chi connectivity index (χ3v) is 1.38. The van der Waals surface area contributed by atoms with Crippen molar-refractivity contribution in [3.8, 4) is 0 Å². The molecule has 0 aliphatic carbocycles. The quantitative estimate of drug-likeness (QED) is 0.716. The molecule has 0 N–H and O–H groups in total. The lowest BCUT2D eigenvalue weighted by atomic mass is 10.2. The van der Waals surface area contributed by atoms with Crippen molar-refractivity contribution in [1.29, 1.82) is 0 Å². The Morgan fingerprint density at radius 3 is 2.47 bits per heavy atom. The molecule has 1 rings (SSSR count). The second-order valence-corrected chi connectivity index (χ2v) is 2.66. The fraction of sp³-hybridized carbons (Fsp3) is 0.375. The van der Waals surface area contributed by atoms with E-state index in [2.05, 4.69) is 14.7 Å². The van der Waals surface area contributed by atoms with Gasteiger partial charge in [0.1, 0.15) is 19.5 Å². The highest BCUT2D eigenvalue weighted by molar-refractivity contribution is 5.96. The van der Waals surface area contributed by atoms with E-state index in [-0.39, 0.29) is 5.56 Å². The summed E-state index contributed by atoms with van der Waals surface area (Å²) in [5, 5.41) is 0. The van der Waals surface area contributed by atoms with E-state index in [1.807, 2.05) is 0 Å². The van der Waals surface area contributed by atoms with Crippen LogP contribution < -0.4 is 0 Å². The normalized spacial score (nSPS) is 11.4. The van der Waals surface area contributed by atoms with Gasteiger partial charge < -0.3 is 4.74 Å². The lowest BCUT2D eigenvalue weighted by molar-refractivity contribution is -0.170. The van der Waals surface area contributed by atoms with E-state index in [1.54, 1.807) is 0 Å². The number of hydrogen-bond acceptors (Lipinski definition) is 4. The second-order valence-electron chi connectivity index (χ2n) is 2.66. The molecule has 0 unspecified atom stereocenters. The monoisotopic (exact) mass is 220 g/mol. The number of alkyl halides is 3. The van der Waals surface area contributed by atoms with Gasteiger partial charge in [0, 0.05) is 12.4 Å². The fourth-order valence-corrected chi connectivity index (χ4v) is 0.786. The summed E-state index contributed by atoms with van der Waals surface area (Å²) in [7, 11) is 0. The summed E-state index contributed by atoms with van der Waals surface area (Å²) < 4.78 is 39.1. The molecule has 1 aromatic rings. The van der Waals surface area contributed by atoms with Gasteiger partial charge in [-0.1, -0.05) is 0 Å². The summed E-state index contributed by atoms with van der Waals surface area (Å²) in [5.41, 5.74) is 0.125. The number of carbonyl (C=O) groups excluding carboxylic acids is 1. The minimum Gasteiger partial charge on any atom is -0.364 e. The molecule has 0 aliphatic rings. The van der Waals surface area contributed by atoms with Gasteiger partial charge >= 0.3 is 6.18 Å². The van der Waals surface area contributed by atoms with E-state index < -0.39 is 25.2 Å². The van der Waals surface area contributed by atoms with Gasteiger partial charge in [-0.15, -0.1) is 0 Å². The Kier molecular flexibility index (Phi) is 3.73. The average molecular weight is 220 g/mol. The molecule has 4 nitrogen and oxygen atoms in total. The highest BCUT2D eigenvalue weighted by Crippen LogP contribution is 2.14. The van der Waals surface area contributed by atoms with Crippen LogP contribution in [0.2, 0.25) is 0 Å². The van der Waals surface area contributed by atoms with Gasteiger partial charge in [-0.25, -0.2) is 9.97 Å². The van der Waals surface area contributed by atoms with Crippen LogP contribution in [0.1, 0.15) is 10.4 Å². The first-order chi connectivity index (χ1) is 6.99. The maximum atomic E-state index is 11.6. The van der Waals surface area contributed by atoms with Gasteiger partial charge in [-0.3, -0.25) is 4.79 Å². The summed E-state index contributed by atoms with van der Waals surface area (Å²) in [6.45, 7) is -2.07. The first-order valence-corrected chi connectivity index (χ1v) is 3.92. The van der Waals surface area contributed by atoms with Gasteiger partial charge in [-0.05, 0) is 0 Å². The van der Waals surface area contributed by atoms with Crippen LogP contribution >= 0.6 is 0 Å². The van der Waals surface area contributed by atoms with Crippen LogP contribution in [-0.2, 0) is 4.74 Å². The molecule has 0 saturated heterocycles. The zero-order chi connectivity index (χ0) is 11.3. The molecule has 0 spiro atoms. The van der Waals surface area contributed by atoms with Gasteiger partial charge in [0.25, 0.3) is 0 Å². The van der Waals surface area contributed by atoms with E-state index in [0.717, 1.165) is 0 Å². The van der Waals surface area contributed by atoms with E-state index >= 15 is 0 Å². The molecule has 0 fully saturated rings. The average Bonchev–Trinajstić information content (AvgIpc) is 2.17. The Morgan fingerprint density at radius 2 is 1.93 bits per heavy atom. The van der Waals surface area contributed by atoms with Crippen molar-refractivity contribution in [2.24, 2.45) is 0 Å². The van der Waals surface area contributed by atoms with E-state index in [4.69, 9.17) is 0 Å². The molecule has 1 aromatic heterocycles. The Morgan fingerprint density at radius 1 is 1.33 bits per heavy atom. The van der Waals surface area contributed by atoms with Crippen LogP contribution in [0.4, 0.5) is 13.2 Å². The van der Waals surface area contributed by atoms with Crippen molar-refractivity contribution in [1.82, 2.24) is 9.97 Å². The largest absolute Gasteiger partial charge is 0.411 e. The van der Waals surface area contributed by atoms with Crippen molar-refractivity contribution in [2.45, 2.75) is 6.18 Å². The number of ketones is 1. The van der Waals surface area contributed by atoms with Crippen molar-refractivity contribution in [3.63, 3.8) is 0 Å². The Hall–Kier alpha value is -1.50. The second kappa shape index (κ2) is 4.83. The first-order valence-electron chi connectivity index (χ1n) is 3.92. The number of rotatable bonds is 4. The molecule has 0 radical (unpaired) electrons. The molecule has 7 heteroatoms. The van der Waals surface area contributed by atoms with E-state index in [0.29, 0.717) is 0 Å². The molecule has 15 heavy (non-hydrogen) atoms. The lowest BCUT2D eigenvalue weighted by Gasteiger charge is -2.06. The minimum absolute atomic E-state index is 0.125. The summed E-state index contributed by atoms with van der Waals surface area (Å²) in [6.07, 6.45) is -0.778. The molecule has 0 aromatic carbocycles. The number of aromatic nitrogens is 2. The topological polar surface area (TPSA) is 52.1 Å². The number of ether oxygens (including phenoxy) is 1. The van der Waals surface area contributed by atoms with Crippen LogP contribution in [0.5, 0.6) is 0 Å². The van der Waals surface area contributed by atoms with Crippen LogP contribution in [0.15, 0.2) is 18.7 Å². The van der Waals surface area contributed by atoms with Gasteiger partial charge in [-0.2, -0.15) is 13.2 Å². The number of halogens is 3. The highest BCUT2D eigenvalue weighted by atomic mass is 19.4. The molecule has 0 saturated carbocycles. The van der Waals surface area contributed by atoms with E-state index in [1.165, 1.54) is 18.7 Å². The fourth-order valence-electron chi connectivity index (χ4n) is 0.786. The summed E-state index contributed by atoms with van der Waals surface area (Å²) in [4.78, 5) is 18.3. The smallest absolute Gasteiger partial charge is 0.364 e. The highest BCUT2D eigenvalue weighted by Gasteiger charge is 2.27. The Bertz CT molecular complexity index is 326. The van der Waals surface area contributed by atoms with E-state index in [9.17, 15) is 18.0 Å².